The monoisotopic (exact) mass is 316 g/mol. The van der Waals surface area contributed by atoms with Crippen molar-refractivity contribution < 1.29 is 24.2 Å². The Morgan fingerprint density at radius 2 is 2.10 bits per heavy atom. The summed E-state index contributed by atoms with van der Waals surface area (Å²) in [5.74, 6) is -0.171. The van der Waals surface area contributed by atoms with E-state index in [-0.39, 0.29) is 37.4 Å². The minimum atomic E-state index is -0.923. The van der Waals surface area contributed by atoms with Crippen molar-refractivity contribution in [3.8, 4) is 0 Å². The molecular formula is C13H20N2O5S. The lowest BCUT2D eigenvalue weighted by molar-refractivity contribution is -0.143. The molecule has 21 heavy (non-hydrogen) atoms. The summed E-state index contributed by atoms with van der Waals surface area (Å²) in [5.41, 5.74) is 0. The summed E-state index contributed by atoms with van der Waals surface area (Å²) in [6.45, 7) is 1.40. The molecule has 0 atom stereocenters. The van der Waals surface area contributed by atoms with Gasteiger partial charge in [-0.05, 0) is 12.8 Å². The molecule has 2 fully saturated rings. The van der Waals surface area contributed by atoms with Crippen molar-refractivity contribution in [3.63, 3.8) is 0 Å². The number of carbonyl (C=O) groups is 3. The summed E-state index contributed by atoms with van der Waals surface area (Å²) in [5, 5.41) is 8.84. The molecule has 8 heteroatoms. The Labute approximate surface area is 127 Å². The van der Waals surface area contributed by atoms with Gasteiger partial charge < -0.3 is 19.6 Å². The Bertz CT molecular complexity index is 411. The molecule has 2 saturated heterocycles. The van der Waals surface area contributed by atoms with Gasteiger partial charge in [-0.1, -0.05) is 0 Å². The second-order valence-corrected chi connectivity index (χ2v) is 6.10. The lowest BCUT2D eigenvalue weighted by atomic mass is 10.1. The van der Waals surface area contributed by atoms with Crippen LogP contribution in [0.5, 0.6) is 0 Å². The quantitative estimate of drug-likeness (QED) is 0.742. The van der Waals surface area contributed by atoms with Crippen LogP contribution in [0.25, 0.3) is 0 Å². The van der Waals surface area contributed by atoms with Crippen LogP contribution in [0.15, 0.2) is 0 Å². The van der Waals surface area contributed by atoms with Crippen LogP contribution in [0, 0.1) is 0 Å². The SMILES string of the molecule is O=C(O)CCN(C(=O)CN1CSCC1=O)C1CCOCC1. The van der Waals surface area contributed by atoms with Gasteiger partial charge in [0.05, 0.1) is 18.1 Å². The molecule has 1 N–H and O–H groups in total. The van der Waals surface area contributed by atoms with Gasteiger partial charge in [-0.15, -0.1) is 11.8 Å². The van der Waals surface area contributed by atoms with Crippen molar-refractivity contribution in [2.24, 2.45) is 0 Å². The second-order valence-electron chi connectivity index (χ2n) is 5.14. The minimum Gasteiger partial charge on any atom is -0.481 e. The van der Waals surface area contributed by atoms with E-state index in [0.29, 0.717) is 37.7 Å². The summed E-state index contributed by atoms with van der Waals surface area (Å²) in [6, 6.07) is 0.0101. The Morgan fingerprint density at radius 1 is 1.38 bits per heavy atom. The minimum absolute atomic E-state index is 0.0101. The van der Waals surface area contributed by atoms with Crippen LogP contribution in [0.4, 0.5) is 0 Å². The maximum atomic E-state index is 12.4. The maximum Gasteiger partial charge on any atom is 0.305 e. The molecule has 2 rings (SSSR count). The molecule has 0 aromatic heterocycles. The van der Waals surface area contributed by atoms with Crippen molar-refractivity contribution in [1.29, 1.82) is 0 Å². The number of aliphatic carboxylic acids is 1. The highest BCUT2D eigenvalue weighted by atomic mass is 32.2. The lowest BCUT2D eigenvalue weighted by Crippen LogP contribution is -2.48. The van der Waals surface area contributed by atoms with Gasteiger partial charge in [-0.2, -0.15) is 0 Å². The van der Waals surface area contributed by atoms with Crippen LogP contribution in [-0.4, -0.2) is 76.7 Å². The van der Waals surface area contributed by atoms with Gasteiger partial charge in [0, 0.05) is 25.8 Å². The van der Waals surface area contributed by atoms with E-state index in [2.05, 4.69) is 0 Å². The van der Waals surface area contributed by atoms with E-state index in [9.17, 15) is 14.4 Å². The highest BCUT2D eigenvalue weighted by molar-refractivity contribution is 8.00. The van der Waals surface area contributed by atoms with Crippen LogP contribution in [0.1, 0.15) is 19.3 Å². The molecule has 2 aliphatic heterocycles. The summed E-state index contributed by atoms with van der Waals surface area (Å²) < 4.78 is 5.28. The number of carbonyl (C=O) groups excluding carboxylic acids is 2. The van der Waals surface area contributed by atoms with Gasteiger partial charge in [-0.25, -0.2) is 0 Å². The summed E-state index contributed by atoms with van der Waals surface area (Å²) in [4.78, 5) is 38.0. The molecule has 0 saturated carbocycles. The Kier molecular flexibility index (Phi) is 5.86. The first-order chi connectivity index (χ1) is 10.1. The van der Waals surface area contributed by atoms with Crippen molar-refractivity contribution in [1.82, 2.24) is 9.80 Å². The first kappa shape index (κ1) is 16.1. The largest absolute Gasteiger partial charge is 0.481 e. The summed E-state index contributed by atoms with van der Waals surface area (Å²) in [7, 11) is 0. The molecule has 0 aliphatic carbocycles. The predicted octanol–water partition coefficient (Wildman–Crippen LogP) is 0.00160. The van der Waals surface area contributed by atoms with Crippen molar-refractivity contribution in [2.75, 3.05) is 37.9 Å². The van der Waals surface area contributed by atoms with Gasteiger partial charge in [0.1, 0.15) is 6.54 Å². The average molecular weight is 316 g/mol. The molecule has 118 valence electrons. The first-order valence-corrected chi connectivity index (χ1v) is 8.18. The molecule has 7 nitrogen and oxygen atoms in total. The third kappa shape index (κ3) is 4.60. The number of carboxylic acids is 1. The fourth-order valence-corrected chi connectivity index (χ4v) is 3.42. The Hall–Kier alpha value is -1.28. The zero-order chi connectivity index (χ0) is 15.2. The van der Waals surface area contributed by atoms with Crippen molar-refractivity contribution >= 4 is 29.5 Å². The molecule has 0 spiro atoms. The molecule has 2 aliphatic rings. The molecule has 0 bridgehead atoms. The normalized spacial score (nSPS) is 19.8. The first-order valence-electron chi connectivity index (χ1n) is 7.02. The third-order valence-electron chi connectivity index (χ3n) is 3.67. The standard InChI is InChI=1S/C13H20N2O5S/c16-11(7-14-9-21-8-12(14)17)15(4-1-13(18)19)10-2-5-20-6-3-10/h10H,1-9H2,(H,18,19). The van der Waals surface area contributed by atoms with Crippen molar-refractivity contribution in [3.05, 3.63) is 0 Å². The zero-order valence-corrected chi connectivity index (χ0v) is 12.6. The van der Waals surface area contributed by atoms with E-state index >= 15 is 0 Å². The average Bonchev–Trinajstić information content (AvgIpc) is 2.85. The van der Waals surface area contributed by atoms with E-state index in [4.69, 9.17) is 9.84 Å². The smallest absolute Gasteiger partial charge is 0.305 e. The molecule has 2 amide bonds. The molecular weight excluding hydrogens is 296 g/mol. The number of thioether (sulfide) groups is 1. The number of hydrogen-bond acceptors (Lipinski definition) is 5. The molecule has 0 aromatic rings. The van der Waals surface area contributed by atoms with Gasteiger partial charge in [0.2, 0.25) is 11.8 Å². The number of rotatable bonds is 6. The zero-order valence-electron chi connectivity index (χ0n) is 11.8. The second kappa shape index (κ2) is 7.65. The number of nitrogens with zero attached hydrogens (tertiary/aromatic N) is 2. The Morgan fingerprint density at radius 3 is 2.67 bits per heavy atom. The molecule has 0 unspecified atom stereocenters. The van der Waals surface area contributed by atoms with E-state index in [1.807, 2.05) is 0 Å². The van der Waals surface area contributed by atoms with Gasteiger partial charge in [0.15, 0.2) is 0 Å². The highest BCUT2D eigenvalue weighted by Crippen LogP contribution is 2.18. The number of amides is 2. The fourth-order valence-electron chi connectivity index (χ4n) is 2.52. The van der Waals surface area contributed by atoms with Gasteiger partial charge in [0.25, 0.3) is 0 Å². The van der Waals surface area contributed by atoms with Gasteiger partial charge >= 0.3 is 5.97 Å². The number of ether oxygens (including phenoxy) is 1. The predicted molar refractivity (Wildman–Crippen MR) is 76.8 cm³/mol. The van der Waals surface area contributed by atoms with Crippen molar-refractivity contribution in [2.45, 2.75) is 25.3 Å². The van der Waals surface area contributed by atoms with E-state index in [0.717, 1.165) is 0 Å². The van der Waals surface area contributed by atoms with E-state index in [1.165, 1.54) is 16.7 Å². The molecule has 2 heterocycles. The topological polar surface area (TPSA) is 87.2 Å². The fraction of sp³-hybridized carbons (Fsp3) is 0.769. The Balaban J connectivity index is 1.96. The van der Waals surface area contributed by atoms with E-state index in [1.54, 1.807) is 4.90 Å². The number of hydrogen-bond donors (Lipinski definition) is 1. The van der Waals surface area contributed by atoms with Crippen LogP contribution in [-0.2, 0) is 19.1 Å². The lowest BCUT2D eigenvalue weighted by Gasteiger charge is -2.35. The van der Waals surface area contributed by atoms with Crippen LogP contribution < -0.4 is 0 Å². The van der Waals surface area contributed by atoms with Crippen LogP contribution >= 0.6 is 11.8 Å². The summed E-state index contributed by atoms with van der Waals surface area (Å²) >= 11 is 1.49. The molecule has 0 radical (unpaired) electrons. The third-order valence-corrected chi connectivity index (χ3v) is 4.62. The van der Waals surface area contributed by atoms with Gasteiger partial charge in [-0.3, -0.25) is 14.4 Å². The van der Waals surface area contributed by atoms with Crippen LogP contribution in [0.2, 0.25) is 0 Å². The number of carboxylic acid groups (broad SMARTS) is 1. The van der Waals surface area contributed by atoms with Crippen LogP contribution in [0.3, 0.4) is 0 Å². The van der Waals surface area contributed by atoms with E-state index < -0.39 is 5.97 Å². The molecule has 0 aromatic carbocycles. The maximum absolute atomic E-state index is 12.4. The highest BCUT2D eigenvalue weighted by Gasteiger charge is 2.30. The summed E-state index contributed by atoms with van der Waals surface area (Å²) in [6.07, 6.45) is 1.36.